The second-order valence-corrected chi connectivity index (χ2v) is 4.98. The van der Waals surface area contributed by atoms with E-state index in [1.807, 2.05) is 12.1 Å². The molecule has 0 bridgehead atoms. The van der Waals surface area contributed by atoms with Gasteiger partial charge >= 0.3 is 0 Å². The molecule has 1 amide bonds. The van der Waals surface area contributed by atoms with Gasteiger partial charge in [0.15, 0.2) is 11.5 Å². The van der Waals surface area contributed by atoms with E-state index in [0.717, 1.165) is 0 Å². The molecular weight excluding hydrogens is 300 g/mol. The molecular formula is C16H14N2O5. The van der Waals surface area contributed by atoms with Gasteiger partial charge in [-0.1, -0.05) is 24.3 Å². The van der Waals surface area contributed by atoms with Crippen LogP contribution in [0, 0.1) is 10.1 Å². The van der Waals surface area contributed by atoms with E-state index in [1.165, 1.54) is 18.2 Å². The van der Waals surface area contributed by atoms with Crippen LogP contribution in [0.15, 0.2) is 48.5 Å². The van der Waals surface area contributed by atoms with Gasteiger partial charge in [-0.05, 0) is 18.2 Å². The van der Waals surface area contributed by atoms with Crippen molar-refractivity contribution in [3.05, 3.63) is 64.2 Å². The third kappa shape index (κ3) is 3.23. The molecule has 7 heteroatoms. The molecule has 1 heterocycles. The van der Waals surface area contributed by atoms with Crippen LogP contribution in [0.4, 0.5) is 5.69 Å². The molecule has 1 atom stereocenters. The lowest BCUT2D eigenvalue weighted by atomic mass is 10.1. The Morgan fingerprint density at radius 3 is 2.65 bits per heavy atom. The lowest BCUT2D eigenvalue weighted by Gasteiger charge is -2.26. The molecule has 1 N–H and O–H groups in total. The molecule has 0 radical (unpaired) electrons. The predicted octanol–water partition coefficient (Wildman–Crippen LogP) is 2.16. The molecule has 23 heavy (non-hydrogen) atoms. The van der Waals surface area contributed by atoms with Gasteiger partial charge < -0.3 is 14.8 Å². The quantitative estimate of drug-likeness (QED) is 0.690. The van der Waals surface area contributed by atoms with E-state index in [9.17, 15) is 14.9 Å². The van der Waals surface area contributed by atoms with Gasteiger partial charge in [-0.2, -0.15) is 0 Å². The van der Waals surface area contributed by atoms with E-state index >= 15 is 0 Å². The van der Waals surface area contributed by atoms with Crippen molar-refractivity contribution in [3.8, 4) is 11.5 Å². The highest BCUT2D eigenvalue weighted by Crippen LogP contribution is 2.30. The van der Waals surface area contributed by atoms with Crippen molar-refractivity contribution in [2.24, 2.45) is 0 Å². The highest BCUT2D eigenvalue weighted by atomic mass is 16.6. The van der Waals surface area contributed by atoms with Gasteiger partial charge in [0, 0.05) is 6.07 Å². The van der Waals surface area contributed by atoms with E-state index in [1.54, 1.807) is 18.2 Å². The van der Waals surface area contributed by atoms with E-state index in [-0.39, 0.29) is 23.9 Å². The number of carbonyl (C=O) groups excluding carboxylic acids is 1. The Balaban J connectivity index is 1.63. The first kappa shape index (κ1) is 14.8. The highest BCUT2D eigenvalue weighted by Gasteiger charge is 2.23. The average molecular weight is 314 g/mol. The number of fused-ring (bicyclic) bond motifs is 1. The minimum atomic E-state index is -0.578. The number of hydrogen-bond acceptors (Lipinski definition) is 5. The van der Waals surface area contributed by atoms with Crippen molar-refractivity contribution in [2.75, 3.05) is 13.2 Å². The van der Waals surface area contributed by atoms with Gasteiger partial charge in [-0.25, -0.2) is 0 Å². The average Bonchev–Trinajstić information content (AvgIpc) is 2.59. The first-order valence-corrected chi connectivity index (χ1v) is 7.05. The largest absolute Gasteiger partial charge is 0.486 e. The maximum Gasteiger partial charge on any atom is 0.282 e. The zero-order chi connectivity index (χ0) is 16.2. The molecule has 0 fully saturated rings. The van der Waals surface area contributed by atoms with Crippen molar-refractivity contribution in [2.45, 2.75) is 6.10 Å². The molecule has 3 rings (SSSR count). The summed E-state index contributed by atoms with van der Waals surface area (Å²) in [4.78, 5) is 22.5. The van der Waals surface area contributed by atoms with Crippen molar-refractivity contribution in [1.29, 1.82) is 0 Å². The summed E-state index contributed by atoms with van der Waals surface area (Å²) in [6.45, 7) is 0.493. The second-order valence-electron chi connectivity index (χ2n) is 4.98. The van der Waals surface area contributed by atoms with E-state index in [2.05, 4.69) is 5.32 Å². The van der Waals surface area contributed by atoms with Crippen molar-refractivity contribution in [3.63, 3.8) is 0 Å². The van der Waals surface area contributed by atoms with Crippen LogP contribution in [0.25, 0.3) is 0 Å². The normalized spacial score (nSPS) is 15.7. The Hall–Kier alpha value is -3.09. The van der Waals surface area contributed by atoms with Crippen molar-refractivity contribution >= 4 is 11.6 Å². The number of carbonyl (C=O) groups is 1. The monoisotopic (exact) mass is 314 g/mol. The molecule has 118 valence electrons. The minimum Gasteiger partial charge on any atom is -0.486 e. The summed E-state index contributed by atoms with van der Waals surface area (Å²) in [6, 6.07) is 13.1. The summed E-state index contributed by atoms with van der Waals surface area (Å²) >= 11 is 0. The lowest BCUT2D eigenvalue weighted by Crippen LogP contribution is -2.40. The molecule has 2 aromatic rings. The summed E-state index contributed by atoms with van der Waals surface area (Å²) < 4.78 is 11.3. The number of rotatable bonds is 4. The number of nitrogens with one attached hydrogen (secondary N) is 1. The topological polar surface area (TPSA) is 90.7 Å². The van der Waals surface area contributed by atoms with Gasteiger partial charge in [0.05, 0.1) is 11.5 Å². The molecule has 0 unspecified atom stereocenters. The standard InChI is InChI=1S/C16H14N2O5/c19-16(12-5-1-2-6-13(12)18(20)21)17-9-11-10-22-14-7-3-4-8-15(14)23-11/h1-8,11H,9-10H2,(H,17,19)/t11-/m1/s1. The Morgan fingerprint density at radius 1 is 1.17 bits per heavy atom. The van der Waals surface area contributed by atoms with E-state index < -0.39 is 10.8 Å². The summed E-state index contributed by atoms with van der Waals surface area (Å²) in [5.41, 5.74) is -0.203. The molecule has 0 saturated carbocycles. The third-order valence-electron chi connectivity index (χ3n) is 3.40. The molecule has 7 nitrogen and oxygen atoms in total. The number of para-hydroxylation sites is 3. The van der Waals surface area contributed by atoms with Crippen LogP contribution < -0.4 is 14.8 Å². The van der Waals surface area contributed by atoms with Crippen LogP contribution in [0.2, 0.25) is 0 Å². The second kappa shape index (κ2) is 6.35. The summed E-state index contributed by atoms with van der Waals surface area (Å²) in [5.74, 6) is 0.761. The first-order chi connectivity index (χ1) is 11.1. The van der Waals surface area contributed by atoms with Gasteiger partial charge in [-0.15, -0.1) is 0 Å². The van der Waals surface area contributed by atoms with Crippen LogP contribution in [-0.4, -0.2) is 30.1 Å². The Kier molecular flexibility index (Phi) is 4.09. The molecule has 0 aliphatic carbocycles. The molecule has 0 spiro atoms. The van der Waals surface area contributed by atoms with Crippen LogP contribution in [0.5, 0.6) is 11.5 Å². The SMILES string of the molecule is O=C(NC[C@@H]1COc2ccccc2O1)c1ccccc1[N+](=O)[O-]. The van der Waals surface area contributed by atoms with E-state index in [4.69, 9.17) is 9.47 Å². The summed E-state index contributed by atoms with van der Waals surface area (Å²) in [7, 11) is 0. The maximum atomic E-state index is 12.1. The van der Waals surface area contributed by atoms with E-state index in [0.29, 0.717) is 18.1 Å². The summed E-state index contributed by atoms with van der Waals surface area (Å²) in [5, 5.41) is 13.6. The van der Waals surface area contributed by atoms with Crippen LogP contribution in [-0.2, 0) is 0 Å². The third-order valence-corrected chi connectivity index (χ3v) is 3.40. The zero-order valence-corrected chi connectivity index (χ0v) is 12.1. The highest BCUT2D eigenvalue weighted by molar-refractivity contribution is 5.98. The number of amides is 1. The fourth-order valence-electron chi connectivity index (χ4n) is 2.29. The predicted molar refractivity (Wildman–Crippen MR) is 81.8 cm³/mol. The van der Waals surface area contributed by atoms with Crippen molar-refractivity contribution < 1.29 is 19.2 Å². The Morgan fingerprint density at radius 2 is 1.87 bits per heavy atom. The molecule has 1 aliphatic heterocycles. The smallest absolute Gasteiger partial charge is 0.282 e. The van der Waals surface area contributed by atoms with Gasteiger partial charge in [0.25, 0.3) is 11.6 Å². The number of benzene rings is 2. The Bertz CT molecular complexity index is 747. The molecule has 0 saturated heterocycles. The van der Waals surface area contributed by atoms with Gasteiger partial charge in [0.2, 0.25) is 0 Å². The lowest BCUT2D eigenvalue weighted by molar-refractivity contribution is -0.385. The van der Waals surface area contributed by atoms with Crippen LogP contribution in [0.1, 0.15) is 10.4 Å². The van der Waals surface area contributed by atoms with Crippen LogP contribution in [0.3, 0.4) is 0 Å². The molecule has 1 aliphatic rings. The number of nitro benzene ring substituents is 1. The zero-order valence-electron chi connectivity index (χ0n) is 12.1. The Labute approximate surface area is 132 Å². The minimum absolute atomic E-state index is 0.0228. The number of nitro groups is 1. The summed E-state index contributed by atoms with van der Waals surface area (Å²) in [6.07, 6.45) is -0.350. The maximum absolute atomic E-state index is 12.1. The first-order valence-electron chi connectivity index (χ1n) is 7.05. The number of ether oxygens (including phenoxy) is 2. The fraction of sp³-hybridized carbons (Fsp3) is 0.188. The van der Waals surface area contributed by atoms with Gasteiger partial charge in [-0.3, -0.25) is 14.9 Å². The van der Waals surface area contributed by atoms with Crippen LogP contribution >= 0.6 is 0 Å². The van der Waals surface area contributed by atoms with Crippen molar-refractivity contribution in [1.82, 2.24) is 5.32 Å². The van der Waals surface area contributed by atoms with Gasteiger partial charge in [0.1, 0.15) is 18.3 Å². The number of hydrogen-bond donors (Lipinski definition) is 1. The fourth-order valence-corrected chi connectivity index (χ4v) is 2.29. The molecule has 2 aromatic carbocycles. The number of nitrogens with zero attached hydrogens (tertiary/aromatic N) is 1. The molecule has 0 aromatic heterocycles.